The van der Waals surface area contributed by atoms with Crippen molar-refractivity contribution in [3.05, 3.63) is 101 Å². The van der Waals surface area contributed by atoms with Gasteiger partial charge in [0.25, 0.3) is 11.8 Å². The second kappa shape index (κ2) is 9.17. The van der Waals surface area contributed by atoms with Gasteiger partial charge in [0.2, 0.25) is 5.78 Å². The molecule has 0 spiro atoms. The number of ether oxygens (including phenoxy) is 1. The van der Waals surface area contributed by atoms with Gasteiger partial charge in [0.05, 0.1) is 27.9 Å². The van der Waals surface area contributed by atoms with Crippen molar-refractivity contribution in [2.75, 3.05) is 4.90 Å². The van der Waals surface area contributed by atoms with Crippen molar-refractivity contribution in [3.63, 3.8) is 0 Å². The van der Waals surface area contributed by atoms with E-state index in [0.29, 0.717) is 10.5 Å². The molecule has 35 heavy (non-hydrogen) atoms. The van der Waals surface area contributed by atoms with Gasteiger partial charge in [0.1, 0.15) is 0 Å². The van der Waals surface area contributed by atoms with E-state index in [0.717, 1.165) is 24.3 Å². The van der Waals surface area contributed by atoms with E-state index in [1.807, 2.05) is 0 Å². The zero-order chi connectivity index (χ0) is 25.3. The molecule has 0 fully saturated rings. The molecule has 178 valence electrons. The quantitative estimate of drug-likeness (QED) is 0.270. The average molecular weight is 481 g/mol. The SMILES string of the molecule is CCC(OC(=O)c1ccc2c(c1)C(=O)N(c1ccccc1C(F)(F)F)C2=O)C(=O)c1ccccc1. The van der Waals surface area contributed by atoms with Crippen LogP contribution in [-0.2, 0) is 10.9 Å². The topological polar surface area (TPSA) is 80.8 Å². The Kier molecular flexibility index (Phi) is 6.26. The Morgan fingerprint density at radius 3 is 2.14 bits per heavy atom. The zero-order valence-electron chi connectivity index (χ0n) is 18.3. The Hall–Kier alpha value is -4.27. The number of para-hydroxylation sites is 1. The second-order valence-corrected chi connectivity index (χ2v) is 7.75. The summed E-state index contributed by atoms with van der Waals surface area (Å²) < 4.78 is 45.7. The second-order valence-electron chi connectivity index (χ2n) is 7.75. The van der Waals surface area contributed by atoms with Crippen LogP contribution in [0.15, 0.2) is 72.8 Å². The first kappa shape index (κ1) is 23.9. The molecule has 0 saturated carbocycles. The largest absolute Gasteiger partial charge is 0.450 e. The van der Waals surface area contributed by atoms with Crippen LogP contribution in [0.3, 0.4) is 0 Å². The molecule has 0 bridgehead atoms. The van der Waals surface area contributed by atoms with Crippen molar-refractivity contribution in [2.45, 2.75) is 25.6 Å². The number of anilines is 1. The van der Waals surface area contributed by atoms with Crippen LogP contribution >= 0.6 is 0 Å². The van der Waals surface area contributed by atoms with Crippen LogP contribution in [0.1, 0.15) is 60.3 Å². The maximum atomic E-state index is 13.5. The van der Waals surface area contributed by atoms with E-state index in [1.54, 1.807) is 37.3 Å². The molecule has 2 amide bonds. The summed E-state index contributed by atoms with van der Waals surface area (Å²) in [6.45, 7) is 1.67. The van der Waals surface area contributed by atoms with Gasteiger partial charge in [-0.15, -0.1) is 0 Å². The minimum Gasteiger partial charge on any atom is -0.450 e. The Balaban J connectivity index is 1.61. The van der Waals surface area contributed by atoms with Crippen molar-refractivity contribution in [3.8, 4) is 0 Å². The monoisotopic (exact) mass is 481 g/mol. The summed E-state index contributed by atoms with van der Waals surface area (Å²) in [7, 11) is 0. The summed E-state index contributed by atoms with van der Waals surface area (Å²) in [6, 6.07) is 16.0. The molecule has 0 aromatic heterocycles. The summed E-state index contributed by atoms with van der Waals surface area (Å²) in [5.41, 5.74) is -1.87. The molecule has 1 unspecified atom stereocenters. The van der Waals surface area contributed by atoms with Crippen LogP contribution in [0.5, 0.6) is 0 Å². The number of imide groups is 1. The molecule has 1 heterocycles. The van der Waals surface area contributed by atoms with Gasteiger partial charge < -0.3 is 4.74 Å². The van der Waals surface area contributed by atoms with Crippen LogP contribution in [-0.4, -0.2) is 29.7 Å². The Bertz CT molecular complexity index is 1330. The summed E-state index contributed by atoms with van der Waals surface area (Å²) in [4.78, 5) is 51.6. The molecule has 4 rings (SSSR count). The molecule has 6 nitrogen and oxygen atoms in total. The molecular formula is C26H18F3NO5. The first-order valence-electron chi connectivity index (χ1n) is 10.6. The normalized spacial score (nSPS) is 14.0. The number of hydrogen-bond acceptors (Lipinski definition) is 5. The average Bonchev–Trinajstić information content (AvgIpc) is 3.11. The fourth-order valence-electron chi connectivity index (χ4n) is 3.80. The van der Waals surface area contributed by atoms with Crippen LogP contribution < -0.4 is 4.90 Å². The standard InChI is InChI=1S/C26H18F3NO5/c1-2-21(22(31)15-8-4-3-5-9-15)35-25(34)16-12-13-17-18(14-16)24(33)30(23(17)32)20-11-7-6-10-19(20)26(27,28)29/h3-14,21H,2H2,1H3. The maximum Gasteiger partial charge on any atom is 0.418 e. The molecule has 1 aliphatic heterocycles. The molecule has 3 aromatic rings. The highest BCUT2D eigenvalue weighted by Gasteiger charge is 2.42. The van der Waals surface area contributed by atoms with Crippen LogP contribution in [0.2, 0.25) is 0 Å². The van der Waals surface area contributed by atoms with E-state index in [1.165, 1.54) is 18.2 Å². The van der Waals surface area contributed by atoms with E-state index in [4.69, 9.17) is 4.74 Å². The van der Waals surface area contributed by atoms with Gasteiger partial charge in [-0.05, 0) is 36.8 Å². The fourth-order valence-corrected chi connectivity index (χ4v) is 3.80. The van der Waals surface area contributed by atoms with Crippen molar-refractivity contribution >= 4 is 29.3 Å². The first-order chi connectivity index (χ1) is 16.6. The lowest BCUT2D eigenvalue weighted by Crippen LogP contribution is -2.31. The number of Topliss-reactive ketones (excluding diaryl/α,β-unsaturated/α-hetero) is 1. The minimum absolute atomic E-state index is 0.116. The molecule has 0 radical (unpaired) electrons. The van der Waals surface area contributed by atoms with Crippen molar-refractivity contribution in [1.82, 2.24) is 0 Å². The molecule has 0 N–H and O–H groups in total. The Labute approximate surface area is 197 Å². The van der Waals surface area contributed by atoms with Crippen molar-refractivity contribution in [2.24, 2.45) is 0 Å². The van der Waals surface area contributed by atoms with E-state index in [2.05, 4.69) is 0 Å². The third-order valence-electron chi connectivity index (χ3n) is 5.54. The number of carbonyl (C=O) groups is 4. The highest BCUT2D eigenvalue weighted by molar-refractivity contribution is 6.35. The van der Waals surface area contributed by atoms with Gasteiger partial charge in [0.15, 0.2) is 6.10 Å². The van der Waals surface area contributed by atoms with E-state index in [9.17, 15) is 32.3 Å². The lowest BCUT2D eigenvalue weighted by atomic mass is 10.0. The van der Waals surface area contributed by atoms with Gasteiger partial charge in [-0.2, -0.15) is 13.2 Å². The number of rotatable bonds is 6. The number of amides is 2. The summed E-state index contributed by atoms with van der Waals surface area (Å²) >= 11 is 0. The van der Waals surface area contributed by atoms with Gasteiger partial charge in [-0.3, -0.25) is 14.4 Å². The third kappa shape index (κ3) is 4.44. The summed E-state index contributed by atoms with van der Waals surface area (Å²) in [6.07, 6.45) is -5.67. The third-order valence-corrected chi connectivity index (χ3v) is 5.54. The number of benzene rings is 3. The lowest BCUT2D eigenvalue weighted by Gasteiger charge is -2.19. The zero-order valence-corrected chi connectivity index (χ0v) is 18.3. The Morgan fingerprint density at radius 2 is 1.49 bits per heavy atom. The molecule has 1 aliphatic rings. The number of esters is 1. The lowest BCUT2D eigenvalue weighted by molar-refractivity contribution is -0.137. The molecule has 9 heteroatoms. The predicted molar refractivity (Wildman–Crippen MR) is 119 cm³/mol. The highest BCUT2D eigenvalue weighted by Crippen LogP contribution is 2.39. The number of nitrogens with zero attached hydrogens (tertiary/aromatic N) is 1. The Morgan fingerprint density at radius 1 is 0.857 bits per heavy atom. The van der Waals surface area contributed by atoms with E-state index >= 15 is 0 Å². The number of carbonyl (C=O) groups excluding carboxylic acids is 4. The number of hydrogen-bond donors (Lipinski definition) is 0. The van der Waals surface area contributed by atoms with Gasteiger partial charge >= 0.3 is 12.1 Å². The van der Waals surface area contributed by atoms with Crippen LogP contribution in [0.25, 0.3) is 0 Å². The molecular weight excluding hydrogens is 463 g/mol. The number of fused-ring (bicyclic) bond motifs is 1. The van der Waals surface area contributed by atoms with E-state index < -0.39 is 47.1 Å². The fraction of sp³-hybridized carbons (Fsp3) is 0.154. The minimum atomic E-state index is -4.79. The number of halogens is 3. The van der Waals surface area contributed by atoms with E-state index in [-0.39, 0.29) is 23.1 Å². The van der Waals surface area contributed by atoms with Crippen LogP contribution in [0, 0.1) is 0 Å². The van der Waals surface area contributed by atoms with Gasteiger partial charge in [0, 0.05) is 5.56 Å². The molecule has 3 aromatic carbocycles. The summed E-state index contributed by atoms with van der Waals surface area (Å²) in [5.74, 6) is -3.24. The van der Waals surface area contributed by atoms with Crippen LogP contribution in [0.4, 0.5) is 18.9 Å². The van der Waals surface area contributed by atoms with Gasteiger partial charge in [-0.1, -0.05) is 49.4 Å². The molecule has 0 saturated heterocycles. The predicted octanol–water partition coefficient (Wildman–Crippen LogP) is 5.32. The number of ketones is 1. The smallest absolute Gasteiger partial charge is 0.418 e. The first-order valence-corrected chi connectivity index (χ1v) is 10.6. The molecule has 1 atom stereocenters. The van der Waals surface area contributed by atoms with Crippen molar-refractivity contribution < 1.29 is 37.1 Å². The number of alkyl halides is 3. The summed E-state index contributed by atoms with van der Waals surface area (Å²) in [5, 5.41) is 0. The maximum absolute atomic E-state index is 13.5. The highest BCUT2D eigenvalue weighted by atomic mass is 19.4. The van der Waals surface area contributed by atoms with Crippen molar-refractivity contribution in [1.29, 1.82) is 0 Å². The van der Waals surface area contributed by atoms with Gasteiger partial charge in [-0.25, -0.2) is 9.69 Å². The molecule has 0 aliphatic carbocycles.